The molecule has 0 aromatic carbocycles. The number of hydrogen-bond donors (Lipinski definition) is 1. The molecule has 0 saturated carbocycles. The van der Waals surface area contributed by atoms with Crippen LogP contribution in [0.25, 0.3) is 0 Å². The SMILES string of the molecule is COC(=O)c1ccnc(N2C[C@@H]3CCCN[C@@H]3C2)c1. The van der Waals surface area contributed by atoms with Crippen LogP contribution in [0.15, 0.2) is 18.3 Å². The number of nitrogens with one attached hydrogen (secondary N) is 1. The second-order valence-electron chi connectivity index (χ2n) is 5.26. The third-order valence-electron chi connectivity index (χ3n) is 4.09. The van der Waals surface area contributed by atoms with Gasteiger partial charge in [-0.15, -0.1) is 0 Å². The van der Waals surface area contributed by atoms with Gasteiger partial charge in [-0.05, 0) is 37.4 Å². The van der Waals surface area contributed by atoms with Crippen molar-refractivity contribution in [2.45, 2.75) is 18.9 Å². The van der Waals surface area contributed by atoms with Gasteiger partial charge in [-0.2, -0.15) is 0 Å². The Bertz CT molecular complexity index is 464. The van der Waals surface area contributed by atoms with Gasteiger partial charge in [-0.1, -0.05) is 0 Å². The van der Waals surface area contributed by atoms with E-state index in [1.807, 2.05) is 6.07 Å². The van der Waals surface area contributed by atoms with Crippen molar-refractivity contribution in [1.82, 2.24) is 10.3 Å². The van der Waals surface area contributed by atoms with Crippen LogP contribution in [0.4, 0.5) is 5.82 Å². The molecule has 0 bridgehead atoms. The summed E-state index contributed by atoms with van der Waals surface area (Å²) in [5.41, 5.74) is 0.565. The minimum absolute atomic E-state index is 0.307. The minimum atomic E-state index is -0.307. The third-order valence-corrected chi connectivity index (χ3v) is 4.09. The normalized spacial score (nSPS) is 26.1. The summed E-state index contributed by atoms with van der Waals surface area (Å²) in [6.45, 7) is 3.11. The molecule has 19 heavy (non-hydrogen) atoms. The summed E-state index contributed by atoms with van der Waals surface area (Å²) >= 11 is 0. The summed E-state index contributed by atoms with van der Waals surface area (Å²) in [6, 6.07) is 4.08. The maximum Gasteiger partial charge on any atom is 0.338 e. The maximum absolute atomic E-state index is 11.6. The number of aromatic nitrogens is 1. The van der Waals surface area contributed by atoms with Crippen molar-refractivity contribution in [3.05, 3.63) is 23.9 Å². The van der Waals surface area contributed by atoms with E-state index in [4.69, 9.17) is 4.74 Å². The van der Waals surface area contributed by atoms with E-state index in [9.17, 15) is 4.79 Å². The summed E-state index contributed by atoms with van der Waals surface area (Å²) in [5.74, 6) is 1.27. The molecule has 2 atom stereocenters. The number of carbonyl (C=O) groups is 1. The molecule has 5 heteroatoms. The number of esters is 1. The smallest absolute Gasteiger partial charge is 0.338 e. The van der Waals surface area contributed by atoms with Gasteiger partial charge in [-0.3, -0.25) is 0 Å². The van der Waals surface area contributed by atoms with Crippen LogP contribution < -0.4 is 10.2 Å². The van der Waals surface area contributed by atoms with Crippen LogP contribution in [0.2, 0.25) is 0 Å². The number of methoxy groups -OCH3 is 1. The fraction of sp³-hybridized carbons (Fsp3) is 0.571. The molecule has 2 fully saturated rings. The van der Waals surface area contributed by atoms with Crippen molar-refractivity contribution in [2.75, 3.05) is 31.6 Å². The Hall–Kier alpha value is -1.62. The largest absolute Gasteiger partial charge is 0.465 e. The van der Waals surface area contributed by atoms with Crippen molar-refractivity contribution >= 4 is 11.8 Å². The lowest BCUT2D eigenvalue weighted by Gasteiger charge is -2.24. The van der Waals surface area contributed by atoms with Gasteiger partial charge in [0.15, 0.2) is 0 Å². The fourth-order valence-corrected chi connectivity index (χ4v) is 3.07. The summed E-state index contributed by atoms with van der Waals surface area (Å²) in [7, 11) is 1.40. The van der Waals surface area contributed by atoms with E-state index < -0.39 is 0 Å². The van der Waals surface area contributed by atoms with Gasteiger partial charge < -0.3 is 15.0 Å². The van der Waals surface area contributed by atoms with E-state index in [0.29, 0.717) is 17.5 Å². The number of fused-ring (bicyclic) bond motifs is 1. The molecule has 2 aliphatic heterocycles. The van der Waals surface area contributed by atoms with E-state index in [1.54, 1.807) is 12.3 Å². The number of anilines is 1. The van der Waals surface area contributed by atoms with Gasteiger partial charge in [0.25, 0.3) is 0 Å². The minimum Gasteiger partial charge on any atom is -0.465 e. The van der Waals surface area contributed by atoms with Gasteiger partial charge in [-0.25, -0.2) is 9.78 Å². The average Bonchev–Trinajstić information content (AvgIpc) is 2.90. The van der Waals surface area contributed by atoms with Gasteiger partial charge in [0.1, 0.15) is 5.82 Å². The summed E-state index contributed by atoms with van der Waals surface area (Å²) in [4.78, 5) is 18.2. The van der Waals surface area contributed by atoms with E-state index in [0.717, 1.165) is 25.5 Å². The maximum atomic E-state index is 11.6. The molecular formula is C14H19N3O2. The van der Waals surface area contributed by atoms with Crippen molar-refractivity contribution in [3.63, 3.8) is 0 Å². The van der Waals surface area contributed by atoms with E-state index >= 15 is 0 Å². The lowest BCUT2D eigenvalue weighted by Crippen LogP contribution is -2.40. The number of pyridine rings is 1. The van der Waals surface area contributed by atoms with Crippen molar-refractivity contribution in [3.8, 4) is 0 Å². The second-order valence-corrected chi connectivity index (χ2v) is 5.26. The van der Waals surface area contributed by atoms with Crippen LogP contribution in [0.1, 0.15) is 23.2 Å². The van der Waals surface area contributed by atoms with Crippen LogP contribution in [-0.4, -0.2) is 43.7 Å². The summed E-state index contributed by atoms with van der Waals surface area (Å²) in [6.07, 6.45) is 4.21. The Labute approximate surface area is 113 Å². The van der Waals surface area contributed by atoms with Gasteiger partial charge in [0.2, 0.25) is 0 Å². The van der Waals surface area contributed by atoms with Crippen molar-refractivity contribution < 1.29 is 9.53 Å². The highest BCUT2D eigenvalue weighted by Crippen LogP contribution is 2.28. The Morgan fingerprint density at radius 2 is 2.42 bits per heavy atom. The highest BCUT2D eigenvalue weighted by atomic mass is 16.5. The zero-order valence-corrected chi connectivity index (χ0v) is 11.1. The molecule has 5 nitrogen and oxygen atoms in total. The van der Waals surface area contributed by atoms with Crippen molar-refractivity contribution in [1.29, 1.82) is 0 Å². The van der Waals surface area contributed by atoms with Gasteiger partial charge in [0, 0.05) is 25.3 Å². The molecule has 0 amide bonds. The highest BCUT2D eigenvalue weighted by Gasteiger charge is 2.34. The quantitative estimate of drug-likeness (QED) is 0.807. The first-order chi connectivity index (χ1) is 9.28. The third kappa shape index (κ3) is 2.42. The van der Waals surface area contributed by atoms with E-state index in [-0.39, 0.29) is 5.97 Å². The Morgan fingerprint density at radius 3 is 3.21 bits per heavy atom. The van der Waals surface area contributed by atoms with Crippen LogP contribution in [-0.2, 0) is 4.74 Å². The molecule has 0 aliphatic carbocycles. The predicted molar refractivity (Wildman–Crippen MR) is 72.3 cm³/mol. The number of piperidine rings is 1. The number of nitrogens with zero attached hydrogens (tertiary/aromatic N) is 2. The summed E-state index contributed by atoms with van der Waals surface area (Å²) in [5, 5.41) is 3.57. The molecule has 1 N–H and O–H groups in total. The first kappa shape index (κ1) is 12.4. The Kier molecular flexibility index (Phi) is 3.38. The first-order valence-electron chi connectivity index (χ1n) is 6.80. The van der Waals surface area contributed by atoms with Crippen LogP contribution in [0, 0.1) is 5.92 Å². The average molecular weight is 261 g/mol. The van der Waals surface area contributed by atoms with Crippen LogP contribution in [0.5, 0.6) is 0 Å². The standard InChI is InChI=1S/C14H19N3O2/c1-19-14(18)10-4-6-16-13(7-10)17-8-11-3-2-5-15-12(11)9-17/h4,6-7,11-12,15H,2-3,5,8-9H2,1H3/t11-,12+/m0/s1. The molecule has 0 spiro atoms. The van der Waals surface area contributed by atoms with Gasteiger partial charge in [0.05, 0.1) is 12.7 Å². The molecule has 2 aliphatic rings. The molecule has 3 rings (SSSR count). The molecule has 0 unspecified atom stereocenters. The fourth-order valence-electron chi connectivity index (χ4n) is 3.07. The number of rotatable bonds is 2. The predicted octanol–water partition coefficient (Wildman–Crippen LogP) is 1.06. The number of hydrogen-bond acceptors (Lipinski definition) is 5. The second kappa shape index (κ2) is 5.17. The van der Waals surface area contributed by atoms with Gasteiger partial charge >= 0.3 is 5.97 Å². The summed E-state index contributed by atoms with van der Waals surface area (Å²) < 4.78 is 4.75. The lowest BCUT2D eigenvalue weighted by molar-refractivity contribution is 0.0600. The molecule has 0 radical (unpaired) electrons. The Balaban J connectivity index is 1.77. The molecular weight excluding hydrogens is 242 g/mol. The molecule has 102 valence electrons. The Morgan fingerprint density at radius 1 is 1.53 bits per heavy atom. The van der Waals surface area contributed by atoms with Crippen LogP contribution in [0.3, 0.4) is 0 Å². The molecule has 1 aromatic heterocycles. The molecule has 2 saturated heterocycles. The first-order valence-corrected chi connectivity index (χ1v) is 6.80. The van der Waals surface area contributed by atoms with E-state index in [2.05, 4.69) is 15.2 Å². The van der Waals surface area contributed by atoms with Crippen molar-refractivity contribution in [2.24, 2.45) is 5.92 Å². The van der Waals surface area contributed by atoms with Crippen LogP contribution >= 0.6 is 0 Å². The highest BCUT2D eigenvalue weighted by molar-refractivity contribution is 5.90. The zero-order valence-electron chi connectivity index (χ0n) is 11.1. The zero-order chi connectivity index (χ0) is 13.2. The monoisotopic (exact) mass is 261 g/mol. The van der Waals surface area contributed by atoms with E-state index in [1.165, 1.54) is 20.0 Å². The lowest BCUT2D eigenvalue weighted by atomic mass is 9.94. The number of ether oxygens (including phenoxy) is 1. The number of carbonyl (C=O) groups excluding carboxylic acids is 1. The molecule has 3 heterocycles. The topological polar surface area (TPSA) is 54.5 Å². The molecule has 1 aromatic rings.